The van der Waals surface area contributed by atoms with Crippen LogP contribution in [0.4, 0.5) is 0 Å². The van der Waals surface area contributed by atoms with Crippen LogP contribution in [0.15, 0.2) is 24.3 Å². The molecule has 0 amide bonds. The first kappa shape index (κ1) is 17.1. The summed E-state index contributed by atoms with van der Waals surface area (Å²) in [4.78, 5) is 0. The largest absolute Gasteiger partial charge is 0.394 e. The molecule has 0 radical (unpaired) electrons. The summed E-state index contributed by atoms with van der Waals surface area (Å²) >= 11 is 8.20. The molecule has 4 heteroatoms. The molecule has 0 heterocycles. The molecule has 0 saturated heterocycles. The second-order valence-corrected chi connectivity index (χ2v) is 8.05. The second kappa shape index (κ2) is 7.87. The van der Waals surface area contributed by atoms with Gasteiger partial charge in [0.05, 0.1) is 6.61 Å². The van der Waals surface area contributed by atoms with E-state index in [1.54, 1.807) is 0 Å². The van der Waals surface area contributed by atoms with Gasteiger partial charge in [-0.25, -0.2) is 0 Å². The Morgan fingerprint density at radius 2 is 2.19 bits per heavy atom. The lowest BCUT2D eigenvalue weighted by molar-refractivity contribution is 0.115. The van der Waals surface area contributed by atoms with Gasteiger partial charge in [-0.15, -0.1) is 0 Å². The Kier molecular flexibility index (Phi) is 6.42. The lowest BCUT2D eigenvalue weighted by Crippen LogP contribution is -2.54. The van der Waals surface area contributed by atoms with Gasteiger partial charge in [0.15, 0.2) is 0 Å². The van der Waals surface area contributed by atoms with E-state index in [2.05, 4.69) is 25.2 Å². The lowest BCUT2D eigenvalue weighted by atomic mass is 9.81. The molecule has 21 heavy (non-hydrogen) atoms. The van der Waals surface area contributed by atoms with Gasteiger partial charge in [0, 0.05) is 27.6 Å². The minimum atomic E-state index is -0.0927. The van der Waals surface area contributed by atoms with E-state index in [1.807, 2.05) is 30.0 Å². The normalized spacial score (nSPS) is 26.2. The molecule has 1 fully saturated rings. The number of aliphatic hydroxyl groups excluding tert-OH is 1. The van der Waals surface area contributed by atoms with E-state index in [0.717, 1.165) is 23.6 Å². The molecule has 2 rings (SSSR count). The van der Waals surface area contributed by atoms with Crippen LogP contribution in [0.5, 0.6) is 0 Å². The Hall–Kier alpha value is -0.220. The SMILES string of the molecule is CC(C)NC1(CO)CCCC(SCc2ccccc2Cl)C1. The summed E-state index contributed by atoms with van der Waals surface area (Å²) in [7, 11) is 0. The molecular weight excluding hydrogens is 302 g/mol. The number of benzene rings is 1. The molecule has 0 spiro atoms. The first-order valence-electron chi connectivity index (χ1n) is 7.78. The zero-order chi connectivity index (χ0) is 15.3. The number of hydrogen-bond donors (Lipinski definition) is 2. The van der Waals surface area contributed by atoms with Crippen LogP contribution in [0, 0.1) is 0 Å². The van der Waals surface area contributed by atoms with Crippen molar-refractivity contribution < 1.29 is 5.11 Å². The topological polar surface area (TPSA) is 32.3 Å². The zero-order valence-corrected chi connectivity index (χ0v) is 14.5. The molecule has 2 atom stereocenters. The quantitative estimate of drug-likeness (QED) is 0.819. The van der Waals surface area contributed by atoms with Gasteiger partial charge in [-0.05, 0) is 30.9 Å². The molecule has 2 nitrogen and oxygen atoms in total. The van der Waals surface area contributed by atoms with E-state index in [9.17, 15) is 5.11 Å². The Morgan fingerprint density at radius 3 is 2.86 bits per heavy atom. The monoisotopic (exact) mass is 327 g/mol. The molecule has 1 saturated carbocycles. The molecule has 2 unspecified atom stereocenters. The van der Waals surface area contributed by atoms with Crippen molar-refractivity contribution in [1.82, 2.24) is 5.32 Å². The van der Waals surface area contributed by atoms with Crippen molar-refractivity contribution >= 4 is 23.4 Å². The smallest absolute Gasteiger partial charge is 0.0613 e. The summed E-state index contributed by atoms with van der Waals surface area (Å²) < 4.78 is 0. The molecule has 1 aromatic rings. The van der Waals surface area contributed by atoms with Crippen LogP contribution in [0.2, 0.25) is 5.02 Å². The summed E-state index contributed by atoms with van der Waals surface area (Å²) in [6.07, 6.45) is 4.53. The number of aliphatic hydroxyl groups is 1. The molecule has 1 aliphatic rings. The number of rotatable bonds is 6. The van der Waals surface area contributed by atoms with Crippen LogP contribution in [-0.4, -0.2) is 28.5 Å². The third-order valence-electron chi connectivity index (χ3n) is 4.13. The van der Waals surface area contributed by atoms with Crippen LogP contribution in [0.3, 0.4) is 0 Å². The molecule has 0 aliphatic heterocycles. The number of hydrogen-bond acceptors (Lipinski definition) is 3. The minimum Gasteiger partial charge on any atom is -0.394 e. The van der Waals surface area contributed by atoms with Crippen LogP contribution in [0.25, 0.3) is 0 Å². The Morgan fingerprint density at radius 1 is 1.43 bits per heavy atom. The highest BCUT2D eigenvalue weighted by Crippen LogP contribution is 2.37. The van der Waals surface area contributed by atoms with Crippen molar-refractivity contribution in [3.8, 4) is 0 Å². The highest BCUT2D eigenvalue weighted by atomic mass is 35.5. The molecule has 1 aliphatic carbocycles. The van der Waals surface area contributed by atoms with E-state index in [-0.39, 0.29) is 12.1 Å². The first-order valence-corrected chi connectivity index (χ1v) is 9.21. The van der Waals surface area contributed by atoms with Crippen LogP contribution in [-0.2, 0) is 5.75 Å². The number of thioether (sulfide) groups is 1. The van der Waals surface area contributed by atoms with E-state index in [1.165, 1.54) is 18.4 Å². The maximum atomic E-state index is 9.84. The van der Waals surface area contributed by atoms with Gasteiger partial charge in [-0.1, -0.05) is 50.1 Å². The number of nitrogens with one attached hydrogen (secondary N) is 1. The van der Waals surface area contributed by atoms with E-state index in [4.69, 9.17) is 11.6 Å². The Bertz CT molecular complexity index is 454. The van der Waals surface area contributed by atoms with Crippen molar-refractivity contribution in [3.63, 3.8) is 0 Å². The summed E-state index contributed by atoms with van der Waals surface area (Å²) in [5.41, 5.74) is 1.12. The minimum absolute atomic E-state index is 0.0927. The standard InChI is InChI=1S/C17H26ClNOS/c1-13(2)19-17(12-20)9-5-7-15(10-17)21-11-14-6-3-4-8-16(14)18/h3-4,6,8,13,15,19-20H,5,7,9-12H2,1-2H3. The highest BCUT2D eigenvalue weighted by Gasteiger charge is 2.36. The van der Waals surface area contributed by atoms with Gasteiger partial charge in [-0.3, -0.25) is 0 Å². The van der Waals surface area contributed by atoms with E-state index >= 15 is 0 Å². The average Bonchev–Trinajstić information content (AvgIpc) is 2.46. The molecule has 118 valence electrons. The van der Waals surface area contributed by atoms with Gasteiger partial charge in [0.2, 0.25) is 0 Å². The maximum absolute atomic E-state index is 9.84. The van der Waals surface area contributed by atoms with Gasteiger partial charge in [0.25, 0.3) is 0 Å². The average molecular weight is 328 g/mol. The van der Waals surface area contributed by atoms with Crippen molar-refractivity contribution in [2.24, 2.45) is 0 Å². The highest BCUT2D eigenvalue weighted by molar-refractivity contribution is 7.99. The van der Waals surface area contributed by atoms with E-state index < -0.39 is 0 Å². The predicted molar refractivity (Wildman–Crippen MR) is 93.1 cm³/mol. The molecule has 0 aromatic heterocycles. The van der Waals surface area contributed by atoms with Gasteiger partial charge in [-0.2, -0.15) is 11.8 Å². The molecule has 1 aromatic carbocycles. The van der Waals surface area contributed by atoms with Gasteiger partial charge < -0.3 is 10.4 Å². The van der Waals surface area contributed by atoms with Crippen molar-refractivity contribution in [3.05, 3.63) is 34.9 Å². The first-order chi connectivity index (χ1) is 10.0. The van der Waals surface area contributed by atoms with Crippen molar-refractivity contribution in [2.75, 3.05) is 6.61 Å². The van der Waals surface area contributed by atoms with Gasteiger partial charge in [0.1, 0.15) is 0 Å². The van der Waals surface area contributed by atoms with Crippen LogP contribution >= 0.6 is 23.4 Å². The van der Waals surface area contributed by atoms with Crippen molar-refractivity contribution in [2.45, 2.75) is 62.1 Å². The number of halogens is 1. The molecule has 2 N–H and O–H groups in total. The summed E-state index contributed by atoms with van der Waals surface area (Å²) in [5.74, 6) is 0.952. The lowest BCUT2D eigenvalue weighted by Gasteiger charge is -2.41. The third kappa shape index (κ3) is 4.88. The maximum Gasteiger partial charge on any atom is 0.0613 e. The second-order valence-electron chi connectivity index (χ2n) is 6.36. The van der Waals surface area contributed by atoms with Gasteiger partial charge >= 0.3 is 0 Å². The zero-order valence-electron chi connectivity index (χ0n) is 12.9. The fourth-order valence-electron chi connectivity index (χ4n) is 3.21. The summed E-state index contributed by atoms with van der Waals surface area (Å²) in [6, 6.07) is 8.48. The Labute approximate surface area is 137 Å². The fraction of sp³-hybridized carbons (Fsp3) is 0.647. The molecule has 0 bridgehead atoms. The molecular formula is C17H26ClNOS. The van der Waals surface area contributed by atoms with Crippen LogP contribution < -0.4 is 5.32 Å². The fourth-order valence-corrected chi connectivity index (χ4v) is 4.93. The summed E-state index contributed by atoms with van der Waals surface area (Å²) in [5, 5.41) is 14.9. The Balaban J connectivity index is 1.93. The van der Waals surface area contributed by atoms with E-state index in [0.29, 0.717) is 11.3 Å². The van der Waals surface area contributed by atoms with Crippen molar-refractivity contribution in [1.29, 1.82) is 0 Å². The predicted octanol–water partition coefficient (Wildman–Crippen LogP) is 4.24. The third-order valence-corrected chi connectivity index (χ3v) is 5.85. The summed E-state index contributed by atoms with van der Waals surface area (Å²) in [6.45, 7) is 4.53. The van der Waals surface area contributed by atoms with Crippen LogP contribution in [0.1, 0.15) is 45.1 Å².